The molecular formula is C16H26N2. The third-order valence-electron chi connectivity index (χ3n) is 3.73. The van der Waals surface area contributed by atoms with Gasteiger partial charge in [-0.1, -0.05) is 30.3 Å². The Morgan fingerprint density at radius 2 is 1.89 bits per heavy atom. The van der Waals surface area contributed by atoms with Crippen molar-refractivity contribution in [1.82, 2.24) is 10.2 Å². The van der Waals surface area contributed by atoms with Crippen molar-refractivity contribution in [2.24, 2.45) is 0 Å². The average molecular weight is 246 g/mol. The van der Waals surface area contributed by atoms with Crippen LogP contribution in [-0.2, 0) is 6.42 Å². The molecule has 0 aliphatic carbocycles. The fourth-order valence-corrected chi connectivity index (χ4v) is 2.70. The molecule has 0 spiro atoms. The van der Waals surface area contributed by atoms with Crippen LogP contribution in [0, 0.1) is 0 Å². The van der Waals surface area contributed by atoms with Crippen LogP contribution in [0.1, 0.15) is 31.7 Å². The van der Waals surface area contributed by atoms with E-state index < -0.39 is 0 Å². The molecule has 1 atom stereocenters. The van der Waals surface area contributed by atoms with E-state index in [0.29, 0.717) is 6.04 Å². The smallest absolute Gasteiger partial charge is 0.00791 e. The summed E-state index contributed by atoms with van der Waals surface area (Å²) in [6.45, 7) is 7.33. The summed E-state index contributed by atoms with van der Waals surface area (Å²) >= 11 is 0. The Morgan fingerprint density at radius 1 is 1.17 bits per heavy atom. The van der Waals surface area contributed by atoms with Crippen molar-refractivity contribution in [3.8, 4) is 0 Å². The number of benzene rings is 1. The number of nitrogens with zero attached hydrogens (tertiary/aromatic N) is 1. The quantitative estimate of drug-likeness (QED) is 0.744. The second-order valence-electron chi connectivity index (χ2n) is 5.45. The molecular weight excluding hydrogens is 220 g/mol. The number of nitrogens with one attached hydrogen (secondary N) is 1. The van der Waals surface area contributed by atoms with Gasteiger partial charge >= 0.3 is 0 Å². The normalized spacial score (nSPS) is 18.1. The van der Waals surface area contributed by atoms with E-state index >= 15 is 0 Å². The lowest BCUT2D eigenvalue weighted by Gasteiger charge is -2.17. The highest BCUT2D eigenvalue weighted by Gasteiger charge is 2.10. The third kappa shape index (κ3) is 4.79. The number of likely N-dealkylation sites (tertiary alicyclic amines) is 1. The molecule has 18 heavy (non-hydrogen) atoms. The predicted octanol–water partition coefficient (Wildman–Crippen LogP) is 2.69. The largest absolute Gasteiger partial charge is 0.314 e. The van der Waals surface area contributed by atoms with Gasteiger partial charge in [0.25, 0.3) is 0 Å². The summed E-state index contributed by atoms with van der Waals surface area (Å²) in [7, 11) is 0. The van der Waals surface area contributed by atoms with Crippen molar-refractivity contribution >= 4 is 0 Å². The van der Waals surface area contributed by atoms with Crippen molar-refractivity contribution < 1.29 is 0 Å². The molecule has 1 aromatic rings. The fourth-order valence-electron chi connectivity index (χ4n) is 2.70. The van der Waals surface area contributed by atoms with Crippen molar-refractivity contribution in [1.29, 1.82) is 0 Å². The lowest BCUT2D eigenvalue weighted by Crippen LogP contribution is -2.31. The van der Waals surface area contributed by atoms with E-state index in [4.69, 9.17) is 0 Å². The molecule has 0 radical (unpaired) electrons. The lowest BCUT2D eigenvalue weighted by atomic mass is 10.1. The van der Waals surface area contributed by atoms with Gasteiger partial charge in [0.2, 0.25) is 0 Å². The molecule has 1 heterocycles. The summed E-state index contributed by atoms with van der Waals surface area (Å²) in [6, 6.07) is 11.3. The van der Waals surface area contributed by atoms with Gasteiger partial charge < -0.3 is 10.2 Å². The van der Waals surface area contributed by atoms with E-state index in [1.54, 1.807) is 0 Å². The lowest BCUT2D eigenvalue weighted by molar-refractivity contribution is 0.328. The van der Waals surface area contributed by atoms with Crippen molar-refractivity contribution in [2.75, 3.05) is 26.2 Å². The molecule has 0 amide bonds. The summed E-state index contributed by atoms with van der Waals surface area (Å²) < 4.78 is 0. The maximum absolute atomic E-state index is 3.63. The molecule has 100 valence electrons. The number of hydrogen-bond donors (Lipinski definition) is 1. The summed E-state index contributed by atoms with van der Waals surface area (Å²) in [5.41, 5.74) is 1.43. The topological polar surface area (TPSA) is 15.3 Å². The van der Waals surface area contributed by atoms with E-state index in [-0.39, 0.29) is 0 Å². The Kier molecular flexibility index (Phi) is 5.69. The van der Waals surface area contributed by atoms with Crippen LogP contribution >= 0.6 is 0 Å². The molecule has 1 aliphatic rings. The van der Waals surface area contributed by atoms with Gasteiger partial charge in [-0.05, 0) is 64.3 Å². The fraction of sp³-hybridized carbons (Fsp3) is 0.625. The van der Waals surface area contributed by atoms with Crippen molar-refractivity contribution in [2.45, 2.75) is 38.6 Å². The minimum atomic E-state index is 0.575. The minimum absolute atomic E-state index is 0.575. The van der Waals surface area contributed by atoms with Crippen LogP contribution in [0.25, 0.3) is 0 Å². The summed E-state index contributed by atoms with van der Waals surface area (Å²) in [5, 5.41) is 3.63. The molecule has 2 heteroatoms. The molecule has 1 aromatic carbocycles. The summed E-state index contributed by atoms with van der Waals surface area (Å²) in [4.78, 5) is 2.59. The van der Waals surface area contributed by atoms with E-state index in [2.05, 4.69) is 47.5 Å². The molecule has 1 saturated heterocycles. The van der Waals surface area contributed by atoms with E-state index in [1.807, 2.05) is 0 Å². The first-order valence-electron chi connectivity index (χ1n) is 7.34. The Morgan fingerprint density at radius 3 is 2.61 bits per heavy atom. The maximum Gasteiger partial charge on any atom is 0.00791 e. The zero-order valence-corrected chi connectivity index (χ0v) is 11.6. The first-order valence-corrected chi connectivity index (χ1v) is 7.34. The minimum Gasteiger partial charge on any atom is -0.314 e. The standard InChI is InChI=1S/C16H26N2/c1-15(14-16-8-3-2-4-9-16)17-10-7-13-18-11-5-6-12-18/h2-4,8-9,15,17H,5-7,10-14H2,1H3. The van der Waals surface area contributed by atoms with Crippen LogP contribution in [0.2, 0.25) is 0 Å². The highest BCUT2D eigenvalue weighted by molar-refractivity contribution is 5.15. The first kappa shape index (κ1) is 13.6. The Hall–Kier alpha value is -0.860. The predicted molar refractivity (Wildman–Crippen MR) is 77.9 cm³/mol. The first-order chi connectivity index (χ1) is 8.84. The van der Waals surface area contributed by atoms with E-state index in [1.165, 1.54) is 44.5 Å². The zero-order valence-electron chi connectivity index (χ0n) is 11.6. The zero-order chi connectivity index (χ0) is 12.6. The molecule has 2 nitrogen and oxygen atoms in total. The molecule has 0 bridgehead atoms. The maximum atomic E-state index is 3.63. The van der Waals surface area contributed by atoms with Gasteiger partial charge in [0, 0.05) is 6.04 Å². The van der Waals surface area contributed by atoms with Gasteiger partial charge in [0.1, 0.15) is 0 Å². The van der Waals surface area contributed by atoms with Crippen LogP contribution in [0.15, 0.2) is 30.3 Å². The average Bonchev–Trinajstić information content (AvgIpc) is 2.89. The Labute approximate surface area is 111 Å². The molecule has 2 rings (SSSR count). The Balaban J connectivity index is 1.55. The second kappa shape index (κ2) is 7.55. The molecule has 1 aliphatic heterocycles. The highest BCUT2D eigenvalue weighted by atomic mass is 15.1. The van der Waals surface area contributed by atoms with Gasteiger partial charge in [-0.3, -0.25) is 0 Å². The number of rotatable bonds is 7. The SMILES string of the molecule is CC(Cc1ccccc1)NCCCN1CCCC1. The summed E-state index contributed by atoms with van der Waals surface area (Å²) in [5.74, 6) is 0. The van der Waals surface area contributed by atoms with Crippen LogP contribution in [0.3, 0.4) is 0 Å². The third-order valence-corrected chi connectivity index (χ3v) is 3.73. The molecule has 0 saturated carbocycles. The van der Waals surface area contributed by atoms with Gasteiger partial charge in [0.15, 0.2) is 0 Å². The highest BCUT2D eigenvalue weighted by Crippen LogP contribution is 2.07. The van der Waals surface area contributed by atoms with Crippen LogP contribution in [0.4, 0.5) is 0 Å². The van der Waals surface area contributed by atoms with Crippen LogP contribution in [0.5, 0.6) is 0 Å². The Bertz CT molecular complexity index is 317. The van der Waals surface area contributed by atoms with Gasteiger partial charge in [-0.25, -0.2) is 0 Å². The van der Waals surface area contributed by atoms with Crippen molar-refractivity contribution in [3.05, 3.63) is 35.9 Å². The molecule has 1 N–H and O–H groups in total. The van der Waals surface area contributed by atoms with E-state index in [9.17, 15) is 0 Å². The second-order valence-corrected chi connectivity index (χ2v) is 5.45. The van der Waals surface area contributed by atoms with Crippen LogP contribution in [-0.4, -0.2) is 37.1 Å². The van der Waals surface area contributed by atoms with Gasteiger partial charge in [-0.15, -0.1) is 0 Å². The van der Waals surface area contributed by atoms with E-state index in [0.717, 1.165) is 13.0 Å². The molecule has 1 fully saturated rings. The van der Waals surface area contributed by atoms with Gasteiger partial charge in [-0.2, -0.15) is 0 Å². The molecule has 0 aromatic heterocycles. The molecule has 1 unspecified atom stereocenters. The number of hydrogen-bond acceptors (Lipinski definition) is 2. The van der Waals surface area contributed by atoms with Crippen molar-refractivity contribution in [3.63, 3.8) is 0 Å². The summed E-state index contributed by atoms with van der Waals surface area (Å²) in [6.07, 6.45) is 5.21. The van der Waals surface area contributed by atoms with Gasteiger partial charge in [0.05, 0.1) is 0 Å². The van der Waals surface area contributed by atoms with Crippen LogP contribution < -0.4 is 5.32 Å². The monoisotopic (exact) mass is 246 g/mol.